The Labute approximate surface area is 226 Å². The summed E-state index contributed by atoms with van der Waals surface area (Å²) >= 11 is 17.5. The number of hydrogen-bond donors (Lipinski definition) is 0. The molecule has 0 radical (unpaired) electrons. The molecule has 0 N–H and O–H groups in total. The zero-order valence-corrected chi connectivity index (χ0v) is 22.3. The second-order valence-corrected chi connectivity index (χ2v) is 11.2. The predicted molar refractivity (Wildman–Crippen MR) is 132 cm³/mol. The first-order valence-electron chi connectivity index (χ1n) is 10.5. The van der Waals surface area contributed by atoms with Crippen LogP contribution in [0.4, 0.5) is 30.7 Å². The second kappa shape index (κ2) is 12.5. The topological polar surface area (TPSA) is 34.1 Å². The molecule has 2 unspecified atom stereocenters. The van der Waals surface area contributed by atoms with Crippen LogP contribution in [0.2, 0.25) is 15.1 Å². The third-order valence-electron chi connectivity index (χ3n) is 5.12. The van der Waals surface area contributed by atoms with Crippen molar-refractivity contribution in [3.63, 3.8) is 0 Å². The summed E-state index contributed by atoms with van der Waals surface area (Å²) in [6.07, 6.45) is -7.91. The molecule has 2 aromatic rings. The monoisotopic (exact) mass is 610 g/mol. The van der Waals surface area contributed by atoms with Crippen molar-refractivity contribution in [2.45, 2.75) is 38.5 Å². The van der Waals surface area contributed by atoms with Crippen LogP contribution in [0, 0.1) is 18.7 Å². The molecule has 2 nitrogen and oxygen atoms in total. The number of halogens is 10. The van der Waals surface area contributed by atoms with Crippen LogP contribution in [-0.2, 0) is 10.8 Å². The molecule has 0 fully saturated rings. The first-order chi connectivity index (χ1) is 16.9. The van der Waals surface area contributed by atoms with Gasteiger partial charge in [-0.25, -0.2) is 4.39 Å². The van der Waals surface area contributed by atoms with Crippen molar-refractivity contribution in [2.75, 3.05) is 11.5 Å². The summed E-state index contributed by atoms with van der Waals surface area (Å²) in [7, 11) is -2.24. The lowest BCUT2D eigenvalue weighted by molar-refractivity contribution is -0.139. The van der Waals surface area contributed by atoms with E-state index < -0.39 is 58.1 Å². The van der Waals surface area contributed by atoms with Crippen molar-refractivity contribution in [3.05, 3.63) is 73.5 Å². The third-order valence-corrected chi connectivity index (χ3v) is 7.90. The highest BCUT2D eigenvalue weighted by Gasteiger charge is 2.39. The molecular formula is C24H20Cl3F7O2S. The Kier molecular flexibility index (Phi) is 10.7. The van der Waals surface area contributed by atoms with Gasteiger partial charge in [-0.15, -0.1) is 0 Å². The summed E-state index contributed by atoms with van der Waals surface area (Å²) in [4.78, 5) is 12.6. The molecule has 0 aliphatic rings. The molecule has 2 aromatic carbocycles. The van der Waals surface area contributed by atoms with E-state index in [0.29, 0.717) is 0 Å². The first-order valence-corrected chi connectivity index (χ1v) is 13.2. The maximum atomic E-state index is 14.8. The largest absolute Gasteiger partial charge is 0.400 e. The number of carbonyl (C=O) groups excluding carboxylic acids is 1. The Morgan fingerprint density at radius 2 is 1.59 bits per heavy atom. The maximum absolute atomic E-state index is 14.8. The van der Waals surface area contributed by atoms with E-state index in [0.717, 1.165) is 30.4 Å². The van der Waals surface area contributed by atoms with Crippen molar-refractivity contribution in [1.82, 2.24) is 0 Å². The molecule has 0 aliphatic carbocycles. The smallest absolute Gasteiger partial charge is 0.294 e. The molecule has 13 heteroatoms. The van der Waals surface area contributed by atoms with Crippen molar-refractivity contribution in [1.29, 1.82) is 0 Å². The Balaban J connectivity index is 2.26. The minimum Gasteiger partial charge on any atom is -0.294 e. The molecule has 0 saturated carbocycles. The fourth-order valence-electron chi connectivity index (χ4n) is 3.63. The Morgan fingerprint density at radius 3 is 2.08 bits per heavy atom. The summed E-state index contributed by atoms with van der Waals surface area (Å²) < 4.78 is 105. The standard InChI is InChI=1S/C24H20Cl3F7O2S/c1-12(10-37(36)11-23(29,30)31)5-20(35)21-13(2)6-14(7-19(21)28)3-4-16(24(32,33)34)15-8-17(25)22(27)18(26)9-15/h3-4,6-9,12,16H,5,10-11H2,1-2H3/b4-3+/t12-,16?,37?/m0/s1. The summed E-state index contributed by atoms with van der Waals surface area (Å²) in [5, 5.41) is -0.447. The molecule has 37 heavy (non-hydrogen) atoms. The summed E-state index contributed by atoms with van der Waals surface area (Å²) in [6, 6.07) is 4.22. The van der Waals surface area contributed by atoms with Crippen molar-refractivity contribution in [2.24, 2.45) is 5.92 Å². The molecule has 0 bridgehead atoms. The van der Waals surface area contributed by atoms with Gasteiger partial charge in [-0.1, -0.05) is 59.9 Å². The van der Waals surface area contributed by atoms with E-state index in [1.54, 1.807) is 0 Å². The lowest BCUT2D eigenvalue weighted by atomic mass is 9.94. The molecule has 204 valence electrons. The van der Waals surface area contributed by atoms with Crippen LogP contribution in [0.25, 0.3) is 6.08 Å². The Hall–Kier alpha value is -1.62. The number of ketones is 1. The minimum atomic E-state index is -4.75. The van der Waals surface area contributed by atoms with Crippen molar-refractivity contribution < 1.29 is 39.7 Å². The maximum Gasteiger partial charge on any atom is 0.400 e. The van der Waals surface area contributed by atoms with Gasteiger partial charge in [-0.05, 0) is 47.7 Å². The van der Waals surface area contributed by atoms with Crippen LogP contribution < -0.4 is 0 Å². The SMILES string of the molecule is Cc1cc(/C=C/C(c2cc(Cl)c(Cl)c(Cl)c2)C(F)(F)F)cc(F)c1C(=O)C[C@H](C)CS(=O)CC(F)(F)F. The quantitative estimate of drug-likeness (QED) is 0.161. The molecule has 2 rings (SSSR count). The van der Waals surface area contributed by atoms with Crippen LogP contribution in [-0.4, -0.2) is 33.9 Å². The van der Waals surface area contributed by atoms with Crippen LogP contribution >= 0.6 is 34.8 Å². The highest BCUT2D eigenvalue weighted by molar-refractivity contribution is 7.85. The number of alkyl halides is 6. The predicted octanol–water partition coefficient (Wildman–Crippen LogP) is 8.97. The number of aryl methyl sites for hydroxylation is 1. The van der Waals surface area contributed by atoms with Crippen LogP contribution in [0.1, 0.15) is 46.3 Å². The molecule has 0 saturated heterocycles. The molecule has 0 heterocycles. The van der Waals surface area contributed by atoms with Gasteiger partial charge in [-0.3, -0.25) is 9.00 Å². The molecule has 3 atom stereocenters. The van der Waals surface area contributed by atoms with Gasteiger partial charge in [0.15, 0.2) is 5.78 Å². The van der Waals surface area contributed by atoms with E-state index in [1.165, 1.54) is 19.9 Å². The fourth-order valence-corrected chi connectivity index (χ4v) is 5.48. The van der Waals surface area contributed by atoms with Gasteiger partial charge in [0.2, 0.25) is 0 Å². The highest BCUT2D eigenvalue weighted by Crippen LogP contribution is 2.41. The zero-order valence-electron chi connectivity index (χ0n) is 19.2. The van der Waals surface area contributed by atoms with Crippen molar-refractivity contribution in [3.8, 4) is 0 Å². The second-order valence-electron chi connectivity index (χ2n) is 8.47. The normalized spacial score (nSPS) is 15.1. The number of hydrogen-bond acceptors (Lipinski definition) is 2. The van der Waals surface area contributed by atoms with Gasteiger partial charge in [0.25, 0.3) is 0 Å². The van der Waals surface area contributed by atoms with Gasteiger partial charge < -0.3 is 0 Å². The van der Waals surface area contributed by atoms with Crippen molar-refractivity contribution >= 4 is 57.5 Å². The van der Waals surface area contributed by atoms with Crippen LogP contribution in [0.5, 0.6) is 0 Å². The molecule has 0 amide bonds. The summed E-state index contributed by atoms with van der Waals surface area (Å²) in [6.45, 7) is 2.79. The van der Waals surface area contributed by atoms with Gasteiger partial charge in [0.05, 0.1) is 26.5 Å². The van der Waals surface area contributed by atoms with Gasteiger partial charge >= 0.3 is 12.4 Å². The lowest BCUT2D eigenvalue weighted by Crippen LogP contribution is -2.23. The van der Waals surface area contributed by atoms with E-state index in [-0.39, 0.29) is 43.7 Å². The van der Waals surface area contributed by atoms with Crippen LogP contribution in [0.3, 0.4) is 0 Å². The number of carbonyl (C=O) groups is 1. The molecule has 0 aliphatic heterocycles. The van der Waals surface area contributed by atoms with E-state index in [2.05, 4.69) is 0 Å². The van der Waals surface area contributed by atoms with E-state index in [1.807, 2.05) is 0 Å². The summed E-state index contributed by atoms with van der Waals surface area (Å²) in [5.74, 6) is -6.50. The fraction of sp³-hybridized carbons (Fsp3) is 0.375. The number of Topliss-reactive ketones (excluding diaryl/α,β-unsaturated/α-hetero) is 1. The average molecular weight is 612 g/mol. The van der Waals surface area contributed by atoms with Gasteiger partial charge in [-0.2, -0.15) is 26.3 Å². The number of benzene rings is 2. The number of rotatable bonds is 9. The summed E-state index contributed by atoms with van der Waals surface area (Å²) in [5.41, 5.74) is -0.473. The minimum absolute atomic E-state index is 0.0336. The van der Waals surface area contributed by atoms with Gasteiger partial charge in [0.1, 0.15) is 11.6 Å². The lowest BCUT2D eigenvalue weighted by Gasteiger charge is -2.18. The van der Waals surface area contributed by atoms with E-state index in [9.17, 15) is 39.7 Å². The van der Waals surface area contributed by atoms with E-state index >= 15 is 0 Å². The molecular weight excluding hydrogens is 592 g/mol. The zero-order chi connectivity index (χ0) is 28.3. The first kappa shape index (κ1) is 31.6. The van der Waals surface area contributed by atoms with Crippen LogP contribution in [0.15, 0.2) is 30.3 Å². The number of allylic oxidation sites excluding steroid dienone is 1. The third kappa shape index (κ3) is 9.26. The van der Waals surface area contributed by atoms with E-state index in [4.69, 9.17) is 34.8 Å². The Morgan fingerprint density at radius 1 is 1.03 bits per heavy atom. The molecule has 0 aromatic heterocycles. The van der Waals surface area contributed by atoms with Gasteiger partial charge in [0, 0.05) is 23.0 Å². The average Bonchev–Trinajstić information content (AvgIpc) is 2.68. The Bertz CT molecular complexity index is 1160. The highest BCUT2D eigenvalue weighted by atomic mass is 35.5. The molecule has 0 spiro atoms.